The second-order valence-corrected chi connectivity index (χ2v) is 8.51. The van der Waals surface area contributed by atoms with Crippen LogP contribution in [0.25, 0.3) is 11.1 Å². The Kier molecular flexibility index (Phi) is 14.4. The molecular weight excluding hydrogens is 580 g/mol. The summed E-state index contributed by atoms with van der Waals surface area (Å²) in [5.74, 6) is 0. The lowest BCUT2D eigenvalue weighted by molar-refractivity contribution is -0.385. The molecular formula is C28H28N6O6S2. The van der Waals surface area contributed by atoms with Crippen molar-refractivity contribution in [1.82, 2.24) is 9.97 Å². The van der Waals surface area contributed by atoms with Crippen LogP contribution < -0.4 is 10.6 Å². The summed E-state index contributed by atoms with van der Waals surface area (Å²) in [5, 5.41) is 26.8. The molecule has 12 nitrogen and oxygen atoms in total. The van der Waals surface area contributed by atoms with Gasteiger partial charge >= 0.3 is 0 Å². The fourth-order valence-corrected chi connectivity index (χ4v) is 3.46. The van der Waals surface area contributed by atoms with Crippen molar-refractivity contribution in [3.63, 3.8) is 0 Å². The van der Waals surface area contributed by atoms with Crippen molar-refractivity contribution in [2.75, 3.05) is 23.8 Å². The molecule has 42 heavy (non-hydrogen) atoms. The molecule has 0 unspecified atom stereocenters. The number of pyridine rings is 2. The fraction of sp³-hybridized carbons (Fsp3) is 0.143. The van der Waals surface area contributed by atoms with Gasteiger partial charge in [0.15, 0.2) is 0 Å². The number of nitro benzene ring substituents is 2. The molecule has 218 valence electrons. The number of anilines is 2. The molecule has 4 rings (SSSR count). The number of ether oxygens (including phenoxy) is 2. The van der Waals surface area contributed by atoms with Crippen molar-refractivity contribution >= 4 is 57.5 Å². The van der Waals surface area contributed by atoms with Crippen LogP contribution in [-0.4, -0.2) is 43.4 Å². The van der Waals surface area contributed by atoms with Gasteiger partial charge in [-0.15, -0.1) is 0 Å². The smallest absolute Gasteiger partial charge is 0.269 e. The highest BCUT2D eigenvalue weighted by Gasteiger charge is 2.05. The summed E-state index contributed by atoms with van der Waals surface area (Å²) >= 11 is 9.70. The zero-order chi connectivity index (χ0) is 30.7. The largest absolute Gasteiger partial charge is 0.471 e. The maximum Gasteiger partial charge on any atom is 0.269 e. The molecule has 4 aromatic rings. The Balaban J connectivity index is 0.000000221. The highest BCUT2D eigenvalue weighted by atomic mass is 32.1. The monoisotopic (exact) mass is 608 g/mol. The predicted octanol–water partition coefficient (Wildman–Crippen LogP) is 6.80. The van der Waals surface area contributed by atoms with Crippen LogP contribution in [0, 0.1) is 20.2 Å². The number of rotatable bonds is 7. The van der Waals surface area contributed by atoms with E-state index in [4.69, 9.17) is 33.9 Å². The van der Waals surface area contributed by atoms with Gasteiger partial charge in [0.25, 0.3) is 21.7 Å². The first-order chi connectivity index (χ1) is 20.2. The molecule has 0 bridgehead atoms. The van der Waals surface area contributed by atoms with E-state index in [1.54, 1.807) is 49.1 Å². The molecule has 0 aliphatic rings. The Hall–Kier alpha value is -5.08. The van der Waals surface area contributed by atoms with Crippen molar-refractivity contribution < 1.29 is 19.3 Å². The van der Waals surface area contributed by atoms with Crippen LogP contribution in [0.5, 0.6) is 0 Å². The molecule has 2 aromatic heterocycles. The minimum atomic E-state index is -0.454. The second-order valence-electron chi connectivity index (χ2n) is 7.77. The molecule has 0 fully saturated rings. The Morgan fingerprint density at radius 2 is 0.952 bits per heavy atom. The predicted molar refractivity (Wildman–Crippen MR) is 169 cm³/mol. The van der Waals surface area contributed by atoms with Gasteiger partial charge in [0.2, 0.25) is 0 Å². The third kappa shape index (κ3) is 12.4. The number of nitro groups is 2. The second kappa shape index (κ2) is 18.3. The number of thiocarbonyl (C=S) groups is 2. The minimum Gasteiger partial charge on any atom is -0.471 e. The van der Waals surface area contributed by atoms with Gasteiger partial charge in [0.1, 0.15) is 0 Å². The topological polar surface area (TPSA) is 155 Å². The van der Waals surface area contributed by atoms with E-state index < -0.39 is 9.85 Å². The van der Waals surface area contributed by atoms with Gasteiger partial charge in [-0.05, 0) is 97.9 Å². The number of benzene rings is 2. The van der Waals surface area contributed by atoms with E-state index in [9.17, 15) is 20.2 Å². The lowest BCUT2D eigenvalue weighted by Crippen LogP contribution is -2.12. The molecule has 2 aromatic carbocycles. The first-order valence-corrected chi connectivity index (χ1v) is 13.2. The van der Waals surface area contributed by atoms with Gasteiger partial charge < -0.3 is 20.1 Å². The number of nitrogens with one attached hydrogen (secondary N) is 2. The number of aromatic nitrogens is 2. The van der Waals surface area contributed by atoms with Gasteiger partial charge in [0.05, 0.1) is 23.1 Å². The summed E-state index contributed by atoms with van der Waals surface area (Å²) < 4.78 is 10.0. The maximum atomic E-state index is 10.4. The zero-order valence-corrected chi connectivity index (χ0v) is 24.3. The zero-order valence-electron chi connectivity index (χ0n) is 22.7. The molecule has 0 radical (unpaired) electrons. The van der Waals surface area contributed by atoms with E-state index in [0.29, 0.717) is 24.6 Å². The van der Waals surface area contributed by atoms with E-state index in [2.05, 4.69) is 20.6 Å². The van der Waals surface area contributed by atoms with Crippen molar-refractivity contribution in [3.05, 3.63) is 118 Å². The van der Waals surface area contributed by atoms with Crippen LogP contribution >= 0.6 is 24.4 Å². The van der Waals surface area contributed by atoms with Gasteiger partial charge in [-0.2, -0.15) is 0 Å². The number of non-ortho nitro benzene ring substituents is 2. The quantitative estimate of drug-likeness (QED) is 0.129. The molecule has 0 aliphatic carbocycles. The average molecular weight is 609 g/mol. The maximum absolute atomic E-state index is 10.4. The summed E-state index contributed by atoms with van der Waals surface area (Å²) in [6, 6.07) is 19.8. The lowest BCUT2D eigenvalue weighted by atomic mass is 10.1. The Bertz CT molecular complexity index is 1320. The van der Waals surface area contributed by atoms with Gasteiger partial charge in [0, 0.05) is 60.4 Å². The van der Waals surface area contributed by atoms with Gasteiger partial charge in [-0.1, -0.05) is 0 Å². The molecule has 0 spiro atoms. The first-order valence-electron chi connectivity index (χ1n) is 12.4. The molecule has 0 saturated carbocycles. The van der Waals surface area contributed by atoms with Crippen molar-refractivity contribution in [1.29, 1.82) is 0 Å². The number of hydrogen-bond donors (Lipinski definition) is 2. The van der Waals surface area contributed by atoms with Crippen LogP contribution in [0.2, 0.25) is 0 Å². The van der Waals surface area contributed by atoms with Crippen molar-refractivity contribution in [2.24, 2.45) is 0 Å². The van der Waals surface area contributed by atoms with E-state index in [-0.39, 0.29) is 21.7 Å². The molecule has 14 heteroatoms. The summed E-state index contributed by atoms with van der Waals surface area (Å²) in [4.78, 5) is 27.7. The van der Waals surface area contributed by atoms with Gasteiger partial charge in [-0.3, -0.25) is 30.2 Å². The lowest BCUT2D eigenvalue weighted by Gasteiger charge is -2.07. The summed E-state index contributed by atoms with van der Waals surface area (Å²) in [7, 11) is 0. The van der Waals surface area contributed by atoms with Gasteiger partial charge in [-0.25, -0.2) is 0 Å². The van der Waals surface area contributed by atoms with E-state index >= 15 is 0 Å². The Morgan fingerprint density at radius 3 is 1.21 bits per heavy atom. The van der Waals surface area contributed by atoms with E-state index in [1.807, 2.05) is 38.1 Å². The number of hydrogen-bond acceptors (Lipinski definition) is 10. The molecule has 0 saturated heterocycles. The molecule has 2 N–H and O–H groups in total. The standard InChI is InChI=1S/C10H8N2.2C9H10N2O3S/c1-5-11-6-2-9(1)10-3-7-12-8-4-10;2*1-2-14-9(15)10-7-3-5-8(6-4-7)11(12)13/h1-8H;2*3-6H,2H2,1H3,(H,10,15). The van der Waals surface area contributed by atoms with Crippen LogP contribution in [0.3, 0.4) is 0 Å². The third-order valence-corrected chi connectivity index (χ3v) is 5.33. The highest BCUT2D eigenvalue weighted by molar-refractivity contribution is 7.80. The molecule has 2 heterocycles. The molecule has 0 amide bonds. The normalized spacial score (nSPS) is 9.48. The molecule has 0 aliphatic heterocycles. The summed E-state index contributed by atoms with van der Waals surface area (Å²) in [6.07, 6.45) is 7.15. The molecule has 0 atom stereocenters. The summed E-state index contributed by atoms with van der Waals surface area (Å²) in [5.41, 5.74) is 3.77. The Morgan fingerprint density at radius 1 is 0.643 bits per heavy atom. The third-order valence-electron chi connectivity index (χ3n) is 4.89. The highest BCUT2D eigenvalue weighted by Crippen LogP contribution is 2.17. The van der Waals surface area contributed by atoms with E-state index in [0.717, 1.165) is 0 Å². The van der Waals surface area contributed by atoms with Crippen molar-refractivity contribution in [2.45, 2.75) is 13.8 Å². The van der Waals surface area contributed by atoms with Crippen LogP contribution in [-0.2, 0) is 9.47 Å². The van der Waals surface area contributed by atoms with Crippen LogP contribution in [0.1, 0.15) is 13.8 Å². The first kappa shape index (κ1) is 33.1. The SMILES string of the molecule is CCOC(=S)Nc1ccc([N+](=O)[O-])cc1.CCOC(=S)Nc1ccc([N+](=O)[O-])cc1.c1cc(-c2ccncc2)ccn1. The minimum absolute atomic E-state index is 0.0443. The van der Waals surface area contributed by atoms with Crippen LogP contribution in [0.4, 0.5) is 22.7 Å². The average Bonchev–Trinajstić information content (AvgIpc) is 2.99. The number of nitrogens with zero attached hydrogens (tertiary/aromatic N) is 4. The van der Waals surface area contributed by atoms with Crippen molar-refractivity contribution in [3.8, 4) is 11.1 Å². The Labute approximate surface area is 253 Å². The summed E-state index contributed by atoms with van der Waals surface area (Å²) in [6.45, 7) is 4.62. The fourth-order valence-electron chi connectivity index (χ4n) is 2.99. The van der Waals surface area contributed by atoms with E-state index in [1.165, 1.54) is 35.4 Å². The van der Waals surface area contributed by atoms with Crippen LogP contribution in [0.15, 0.2) is 97.6 Å².